The van der Waals surface area contributed by atoms with E-state index in [-0.39, 0.29) is 39.4 Å². The molecule has 44 heavy (non-hydrogen) atoms. The average Bonchev–Trinajstić information content (AvgIpc) is 3.30. The van der Waals surface area contributed by atoms with Crippen LogP contribution in [-0.2, 0) is 36.4 Å². The van der Waals surface area contributed by atoms with Gasteiger partial charge in [-0.1, -0.05) is 12.1 Å². The Labute approximate surface area is 251 Å². The number of hydrogen-bond donors (Lipinski definition) is 1. The number of methoxy groups -OCH3 is 1. The number of fused-ring (bicyclic) bond motifs is 1. The van der Waals surface area contributed by atoms with Gasteiger partial charge in [0.05, 0.1) is 63.7 Å². The van der Waals surface area contributed by atoms with Gasteiger partial charge < -0.3 is 9.22 Å². The summed E-state index contributed by atoms with van der Waals surface area (Å²) in [6.07, 6.45) is -4.83. The number of nitrogens with zero attached hydrogens (tertiary/aromatic N) is 5. The van der Waals surface area contributed by atoms with Crippen LogP contribution in [0.2, 0.25) is 0 Å². The molecule has 0 amide bonds. The molecule has 3 aromatic rings. The highest BCUT2D eigenvalue weighted by Crippen LogP contribution is 2.44. The Hall–Kier alpha value is -4.46. The number of ether oxygens (including phenoxy) is 1. The number of H-pyrrole nitrogens is 1. The number of rotatable bonds is 8. The van der Waals surface area contributed by atoms with Gasteiger partial charge in [0.25, 0.3) is 10.1 Å². The van der Waals surface area contributed by atoms with Crippen molar-refractivity contribution in [1.29, 1.82) is 5.26 Å². The number of benzene rings is 2. The van der Waals surface area contributed by atoms with Crippen molar-refractivity contribution in [2.24, 2.45) is 0 Å². The van der Waals surface area contributed by atoms with Crippen molar-refractivity contribution < 1.29 is 39.8 Å². The van der Waals surface area contributed by atoms with E-state index in [0.717, 1.165) is 30.1 Å². The fraction of sp³-hybridized carbons (Fsp3) is 0.357. The number of hydrogen-bond acceptors (Lipinski definition) is 9. The van der Waals surface area contributed by atoms with Crippen LogP contribution in [0.5, 0.6) is 0 Å². The topological polar surface area (TPSA) is 147 Å². The van der Waals surface area contributed by atoms with E-state index >= 15 is 0 Å². The van der Waals surface area contributed by atoms with E-state index in [4.69, 9.17) is 8.92 Å². The van der Waals surface area contributed by atoms with Gasteiger partial charge in [-0.05, 0) is 48.4 Å². The molecule has 12 nitrogen and oxygen atoms in total. The van der Waals surface area contributed by atoms with Gasteiger partial charge >= 0.3 is 17.8 Å². The predicted molar refractivity (Wildman–Crippen MR) is 152 cm³/mol. The summed E-state index contributed by atoms with van der Waals surface area (Å²) in [7, 11) is 2.31. The number of aromatic amines is 1. The summed E-state index contributed by atoms with van der Waals surface area (Å²) < 4.78 is 76.8. The molecule has 0 saturated carbocycles. The largest absolute Gasteiger partial charge is 0.466 e. The lowest BCUT2D eigenvalue weighted by Gasteiger charge is -2.37. The molecule has 0 radical (unpaired) electrons. The molecule has 1 aromatic heterocycles. The standard InChI is InChI=1S/C28H29F3N6O6S/c1-16-23(25(38)42-5)24(21-11-10-17(15-32)12-18(21)13-22(37(2,3)4)43-44(6,40)41)36-26(33-34-27(36)39)35(16)20-9-7-8-19(14-20)28(29,30)31/h7-12,14,22,24H,13H2,1-6H3/p+1/t22-,24?/m1/s1. The van der Waals surface area contributed by atoms with Crippen LogP contribution in [0.25, 0.3) is 0 Å². The zero-order valence-corrected chi connectivity index (χ0v) is 25.4. The second-order valence-electron chi connectivity index (χ2n) is 11.1. The summed E-state index contributed by atoms with van der Waals surface area (Å²) in [4.78, 5) is 28.0. The van der Waals surface area contributed by atoms with Crippen molar-refractivity contribution >= 4 is 27.7 Å². The zero-order chi connectivity index (χ0) is 32.8. The van der Waals surface area contributed by atoms with Crippen molar-refractivity contribution in [3.63, 3.8) is 0 Å². The van der Waals surface area contributed by atoms with E-state index in [1.807, 2.05) is 6.07 Å². The second kappa shape index (κ2) is 11.6. The van der Waals surface area contributed by atoms with Gasteiger partial charge in [-0.25, -0.2) is 23.4 Å². The van der Waals surface area contributed by atoms with E-state index in [2.05, 4.69) is 10.2 Å². The van der Waals surface area contributed by atoms with Crippen LogP contribution in [-0.4, -0.2) is 74.4 Å². The van der Waals surface area contributed by atoms with Crippen LogP contribution in [0.15, 0.2) is 58.5 Å². The first-order chi connectivity index (χ1) is 20.4. The number of aromatic nitrogens is 3. The van der Waals surface area contributed by atoms with Crippen LogP contribution >= 0.6 is 0 Å². The Bertz CT molecular complexity index is 1850. The van der Waals surface area contributed by atoms with E-state index < -0.39 is 45.8 Å². The normalized spacial score (nSPS) is 16.4. The minimum atomic E-state index is -4.67. The molecule has 1 aliphatic heterocycles. The van der Waals surface area contributed by atoms with Gasteiger partial charge in [0.2, 0.25) is 12.2 Å². The summed E-state index contributed by atoms with van der Waals surface area (Å²) in [6, 6.07) is 9.59. The molecule has 0 fully saturated rings. The fourth-order valence-corrected chi connectivity index (χ4v) is 5.75. The molecular weight excluding hydrogens is 605 g/mol. The van der Waals surface area contributed by atoms with Crippen LogP contribution in [0.3, 0.4) is 0 Å². The molecule has 16 heteroatoms. The predicted octanol–water partition coefficient (Wildman–Crippen LogP) is 3.20. The lowest BCUT2D eigenvalue weighted by atomic mass is 9.88. The molecule has 0 bridgehead atoms. The molecule has 1 aliphatic rings. The number of allylic oxidation sites excluding steroid dienone is 1. The number of carbonyl (C=O) groups excluding carboxylic acids is 1. The van der Waals surface area contributed by atoms with Crippen LogP contribution in [0.4, 0.5) is 24.8 Å². The van der Waals surface area contributed by atoms with Crippen LogP contribution in [0.1, 0.15) is 35.2 Å². The Morgan fingerprint density at radius 1 is 1.20 bits per heavy atom. The van der Waals surface area contributed by atoms with Gasteiger partial charge in [-0.2, -0.15) is 26.9 Å². The lowest BCUT2D eigenvalue weighted by molar-refractivity contribution is -0.914. The number of esters is 1. The zero-order valence-electron chi connectivity index (χ0n) is 24.6. The van der Waals surface area contributed by atoms with Gasteiger partial charge in [0.15, 0.2) is 0 Å². The van der Waals surface area contributed by atoms with E-state index in [1.165, 1.54) is 42.2 Å². The van der Waals surface area contributed by atoms with Crippen molar-refractivity contribution in [2.45, 2.75) is 31.8 Å². The number of quaternary nitrogens is 1. The van der Waals surface area contributed by atoms with Crippen LogP contribution < -0.4 is 10.6 Å². The molecule has 1 N–H and O–H groups in total. The minimum Gasteiger partial charge on any atom is -0.466 e. The monoisotopic (exact) mass is 635 g/mol. The molecule has 4 rings (SSSR count). The average molecular weight is 636 g/mol. The van der Waals surface area contributed by atoms with Gasteiger partial charge in [-0.15, -0.1) is 5.10 Å². The highest BCUT2D eigenvalue weighted by molar-refractivity contribution is 7.86. The molecular formula is C28H30F3N6O6S+. The van der Waals surface area contributed by atoms with Gasteiger partial charge in [-0.3, -0.25) is 4.90 Å². The maximum atomic E-state index is 13.6. The van der Waals surface area contributed by atoms with E-state index in [9.17, 15) is 36.4 Å². The maximum Gasteiger partial charge on any atom is 0.416 e. The summed E-state index contributed by atoms with van der Waals surface area (Å²) >= 11 is 0. The molecule has 0 aliphatic carbocycles. The molecule has 2 atom stereocenters. The number of anilines is 2. The second-order valence-corrected chi connectivity index (χ2v) is 12.7. The SMILES string of the molecule is COC(=O)C1=C(C)N(c2cccc(C(F)(F)F)c2)c2n[nH]c(=O)n2C1c1ccc(C#N)cc1C[C@@H](OS(C)(=O)=O)[N+](C)(C)C. The molecule has 0 saturated heterocycles. The highest BCUT2D eigenvalue weighted by atomic mass is 32.2. The smallest absolute Gasteiger partial charge is 0.416 e. The molecule has 2 heterocycles. The van der Waals surface area contributed by atoms with Gasteiger partial charge in [0.1, 0.15) is 6.04 Å². The third-order valence-electron chi connectivity index (χ3n) is 7.09. The first kappa shape index (κ1) is 32.5. The lowest BCUT2D eigenvalue weighted by Crippen LogP contribution is -2.49. The Morgan fingerprint density at radius 2 is 1.89 bits per heavy atom. The molecule has 1 unspecified atom stereocenters. The number of nitrogens with one attached hydrogen (secondary N) is 1. The van der Waals surface area contributed by atoms with Crippen molar-refractivity contribution in [1.82, 2.24) is 14.8 Å². The molecule has 234 valence electrons. The first-order valence-electron chi connectivity index (χ1n) is 13.0. The van der Waals surface area contributed by atoms with Crippen LogP contribution in [0, 0.1) is 11.3 Å². The number of nitriles is 1. The fourth-order valence-electron chi connectivity index (χ4n) is 5.02. The van der Waals surface area contributed by atoms with E-state index in [1.54, 1.807) is 21.1 Å². The van der Waals surface area contributed by atoms with Crippen molar-refractivity contribution in [3.8, 4) is 6.07 Å². The molecule has 0 spiro atoms. The first-order valence-corrected chi connectivity index (χ1v) is 14.8. The highest BCUT2D eigenvalue weighted by Gasteiger charge is 2.42. The van der Waals surface area contributed by atoms with Gasteiger partial charge in [0, 0.05) is 11.4 Å². The number of alkyl halides is 3. The minimum absolute atomic E-state index is 0.0208. The number of likely N-dealkylation sites (N-methyl/N-ethyl adjacent to an activating group) is 1. The number of halogens is 3. The summed E-state index contributed by atoms with van der Waals surface area (Å²) in [6.45, 7) is 1.48. The summed E-state index contributed by atoms with van der Waals surface area (Å²) in [5.74, 6) is -0.996. The maximum absolute atomic E-state index is 13.6. The van der Waals surface area contributed by atoms with Crippen molar-refractivity contribution in [2.75, 3.05) is 39.4 Å². The van der Waals surface area contributed by atoms with Crippen molar-refractivity contribution in [3.05, 3.63) is 86.5 Å². The Morgan fingerprint density at radius 3 is 2.45 bits per heavy atom. The Kier molecular flexibility index (Phi) is 8.53. The Balaban J connectivity index is 2.02. The third kappa shape index (κ3) is 6.39. The quantitative estimate of drug-likeness (QED) is 0.171. The summed E-state index contributed by atoms with van der Waals surface area (Å²) in [5.41, 5.74) is -0.850. The van der Waals surface area contributed by atoms with E-state index in [0.29, 0.717) is 11.1 Å². The third-order valence-corrected chi connectivity index (χ3v) is 7.66. The number of carbonyl (C=O) groups is 1. The molecule has 2 aromatic carbocycles. The summed E-state index contributed by atoms with van der Waals surface area (Å²) in [5, 5.41) is 16.1.